The third-order valence-electron chi connectivity index (χ3n) is 2.62. The maximum Gasteiger partial charge on any atom is 0.216 e. The van der Waals surface area contributed by atoms with Gasteiger partial charge in [-0.1, -0.05) is 23.9 Å². The molecule has 0 unspecified atom stereocenters. The summed E-state index contributed by atoms with van der Waals surface area (Å²) in [6.07, 6.45) is 0.537. The second-order valence-corrected chi connectivity index (χ2v) is 7.51. The fraction of sp³-hybridized carbons (Fsp3) is 0.333. The Labute approximate surface area is 122 Å². The molecule has 0 spiro atoms. The normalized spacial score (nSPS) is 11.7. The number of hydrogen-bond donors (Lipinski definition) is 2. The highest BCUT2D eigenvalue weighted by molar-refractivity contribution is 7.99. The zero-order valence-corrected chi connectivity index (χ0v) is 12.7. The topological polar surface area (TPSA) is 102 Å². The lowest BCUT2D eigenvalue weighted by molar-refractivity contribution is 0.595. The van der Waals surface area contributed by atoms with Crippen LogP contribution in [0.1, 0.15) is 12.0 Å². The van der Waals surface area contributed by atoms with Gasteiger partial charge in [-0.2, -0.15) is 4.98 Å². The number of aromatic nitrogens is 3. The van der Waals surface area contributed by atoms with Crippen molar-refractivity contribution in [1.82, 2.24) is 15.2 Å². The molecule has 3 N–H and O–H groups in total. The van der Waals surface area contributed by atoms with Gasteiger partial charge >= 0.3 is 0 Å². The van der Waals surface area contributed by atoms with Crippen LogP contribution in [0.2, 0.25) is 0 Å². The molecule has 2 aromatic rings. The van der Waals surface area contributed by atoms with Crippen molar-refractivity contribution in [3.63, 3.8) is 0 Å². The van der Waals surface area contributed by atoms with Crippen LogP contribution in [0.15, 0.2) is 34.3 Å². The molecule has 0 saturated carbocycles. The largest absolute Gasteiger partial charge is 0.368 e. The number of H-pyrrole nitrogens is 1. The lowest BCUT2D eigenvalue weighted by Gasteiger charge is -2.04. The third-order valence-corrected chi connectivity index (χ3v) is 5.35. The van der Waals surface area contributed by atoms with Crippen LogP contribution < -0.4 is 5.73 Å². The first kappa shape index (κ1) is 14.9. The number of anilines is 1. The summed E-state index contributed by atoms with van der Waals surface area (Å²) in [5.41, 5.74) is 6.35. The summed E-state index contributed by atoms with van der Waals surface area (Å²) in [7, 11) is -3.22. The van der Waals surface area contributed by atoms with Crippen molar-refractivity contribution in [3.05, 3.63) is 29.8 Å². The van der Waals surface area contributed by atoms with Crippen molar-refractivity contribution in [2.45, 2.75) is 23.4 Å². The Morgan fingerprint density at radius 3 is 2.85 bits per heavy atom. The van der Waals surface area contributed by atoms with Crippen LogP contribution in [0.4, 0.5) is 5.95 Å². The molecular formula is C12H16N4O2S2. The maximum atomic E-state index is 12.1. The van der Waals surface area contributed by atoms with E-state index < -0.39 is 9.84 Å². The molecule has 0 bridgehead atoms. The van der Waals surface area contributed by atoms with E-state index in [-0.39, 0.29) is 11.7 Å². The second-order valence-electron chi connectivity index (χ2n) is 4.34. The summed E-state index contributed by atoms with van der Waals surface area (Å²) in [5.74, 6) is 1.01. The van der Waals surface area contributed by atoms with E-state index in [1.165, 1.54) is 11.8 Å². The van der Waals surface area contributed by atoms with E-state index in [0.717, 1.165) is 5.56 Å². The van der Waals surface area contributed by atoms with Gasteiger partial charge in [-0.3, -0.25) is 0 Å². The predicted octanol–water partition coefficient (Wildman–Crippen LogP) is 1.65. The van der Waals surface area contributed by atoms with Gasteiger partial charge in [0, 0.05) is 5.75 Å². The van der Waals surface area contributed by atoms with E-state index in [1.54, 1.807) is 18.2 Å². The fourth-order valence-corrected chi connectivity index (χ4v) is 4.00. The number of nitrogen functional groups attached to an aromatic ring is 1. The first-order valence-electron chi connectivity index (χ1n) is 6.07. The Hall–Kier alpha value is -1.54. The lowest BCUT2D eigenvalue weighted by atomic mass is 10.2. The molecule has 0 radical (unpaired) electrons. The van der Waals surface area contributed by atoms with Gasteiger partial charge in [0.15, 0.2) is 9.84 Å². The Bertz CT molecular complexity index is 682. The third kappa shape index (κ3) is 3.97. The number of nitrogens with zero attached hydrogens (tertiary/aromatic N) is 2. The molecule has 0 saturated heterocycles. The molecule has 1 aromatic carbocycles. The maximum absolute atomic E-state index is 12.1. The van der Waals surface area contributed by atoms with Gasteiger partial charge in [0.05, 0.1) is 10.6 Å². The van der Waals surface area contributed by atoms with Gasteiger partial charge in [-0.25, -0.2) is 13.5 Å². The number of nitrogens with two attached hydrogens (primary N) is 1. The van der Waals surface area contributed by atoms with Crippen LogP contribution in [0, 0.1) is 6.92 Å². The minimum absolute atomic E-state index is 0.114. The van der Waals surface area contributed by atoms with Crippen molar-refractivity contribution in [2.75, 3.05) is 17.2 Å². The average molecular weight is 312 g/mol. The number of thioether (sulfide) groups is 1. The summed E-state index contributed by atoms with van der Waals surface area (Å²) in [4.78, 5) is 4.32. The van der Waals surface area contributed by atoms with E-state index in [9.17, 15) is 8.42 Å². The number of aromatic amines is 1. The van der Waals surface area contributed by atoms with Crippen LogP contribution in [0.5, 0.6) is 0 Å². The number of hydrogen-bond acceptors (Lipinski definition) is 6. The Morgan fingerprint density at radius 1 is 1.40 bits per heavy atom. The molecular weight excluding hydrogens is 296 g/mol. The SMILES string of the molecule is Cc1cccc(S(=O)(=O)CCCSc2n[nH]c(N)n2)c1. The molecule has 2 rings (SSSR count). The number of sulfone groups is 1. The van der Waals surface area contributed by atoms with Gasteiger partial charge in [0.2, 0.25) is 11.1 Å². The Balaban J connectivity index is 1.87. The number of benzene rings is 1. The van der Waals surface area contributed by atoms with Gasteiger partial charge in [-0.15, -0.1) is 5.10 Å². The van der Waals surface area contributed by atoms with Crippen LogP contribution in [-0.2, 0) is 9.84 Å². The molecule has 1 aromatic heterocycles. The summed E-state index contributed by atoms with van der Waals surface area (Å²) < 4.78 is 24.3. The molecule has 108 valence electrons. The molecule has 20 heavy (non-hydrogen) atoms. The van der Waals surface area contributed by atoms with E-state index in [4.69, 9.17) is 5.73 Å². The van der Waals surface area contributed by atoms with Crippen molar-refractivity contribution >= 4 is 27.5 Å². The first-order chi connectivity index (χ1) is 9.47. The summed E-state index contributed by atoms with van der Waals surface area (Å²) >= 11 is 1.38. The molecule has 0 aliphatic carbocycles. The van der Waals surface area contributed by atoms with Crippen molar-refractivity contribution in [2.24, 2.45) is 0 Å². The predicted molar refractivity (Wildman–Crippen MR) is 79.4 cm³/mol. The Morgan fingerprint density at radius 2 is 2.20 bits per heavy atom. The highest BCUT2D eigenvalue weighted by Crippen LogP contribution is 2.17. The fourth-order valence-electron chi connectivity index (χ4n) is 1.66. The highest BCUT2D eigenvalue weighted by atomic mass is 32.2. The van der Waals surface area contributed by atoms with E-state index in [0.29, 0.717) is 22.2 Å². The smallest absolute Gasteiger partial charge is 0.216 e. The van der Waals surface area contributed by atoms with Crippen molar-refractivity contribution < 1.29 is 8.42 Å². The summed E-state index contributed by atoms with van der Waals surface area (Å²) in [6.45, 7) is 1.88. The second kappa shape index (κ2) is 6.27. The van der Waals surface area contributed by atoms with Gasteiger partial charge < -0.3 is 5.73 Å². The van der Waals surface area contributed by atoms with E-state index in [2.05, 4.69) is 15.2 Å². The molecule has 6 nitrogen and oxygen atoms in total. The van der Waals surface area contributed by atoms with E-state index in [1.807, 2.05) is 13.0 Å². The van der Waals surface area contributed by atoms with Gasteiger partial charge in [0.25, 0.3) is 0 Å². The first-order valence-corrected chi connectivity index (χ1v) is 8.71. The number of aryl methyl sites for hydroxylation is 1. The molecule has 0 atom stereocenters. The molecule has 0 aliphatic rings. The van der Waals surface area contributed by atoms with Gasteiger partial charge in [0.1, 0.15) is 0 Å². The standard InChI is InChI=1S/C12H16N4O2S2/c1-9-4-2-5-10(8-9)20(17,18)7-3-6-19-12-14-11(13)15-16-12/h2,4-5,8H,3,6-7H2,1H3,(H3,13,14,15,16). The van der Waals surface area contributed by atoms with Crippen LogP contribution in [0.25, 0.3) is 0 Å². The molecule has 0 fully saturated rings. The van der Waals surface area contributed by atoms with Crippen LogP contribution in [-0.4, -0.2) is 35.1 Å². The summed E-state index contributed by atoms with van der Waals surface area (Å²) in [6, 6.07) is 6.96. The van der Waals surface area contributed by atoms with Crippen LogP contribution in [0.3, 0.4) is 0 Å². The highest BCUT2D eigenvalue weighted by Gasteiger charge is 2.14. The van der Waals surface area contributed by atoms with E-state index >= 15 is 0 Å². The average Bonchev–Trinajstić information content (AvgIpc) is 2.81. The monoisotopic (exact) mass is 312 g/mol. The number of rotatable bonds is 6. The van der Waals surface area contributed by atoms with Crippen molar-refractivity contribution in [3.8, 4) is 0 Å². The number of nitrogens with one attached hydrogen (secondary N) is 1. The minimum Gasteiger partial charge on any atom is -0.368 e. The van der Waals surface area contributed by atoms with Crippen molar-refractivity contribution in [1.29, 1.82) is 0 Å². The zero-order chi connectivity index (χ0) is 14.6. The van der Waals surface area contributed by atoms with Crippen LogP contribution >= 0.6 is 11.8 Å². The molecule has 0 aliphatic heterocycles. The molecule has 8 heteroatoms. The quantitative estimate of drug-likeness (QED) is 0.621. The lowest BCUT2D eigenvalue weighted by Crippen LogP contribution is -2.07. The molecule has 1 heterocycles. The summed E-state index contributed by atoms with van der Waals surface area (Å²) in [5, 5.41) is 6.94. The Kier molecular flexibility index (Phi) is 4.66. The minimum atomic E-state index is -3.22. The molecule has 0 amide bonds. The van der Waals surface area contributed by atoms with Gasteiger partial charge in [-0.05, 0) is 31.0 Å². The zero-order valence-electron chi connectivity index (χ0n) is 11.0.